The lowest BCUT2D eigenvalue weighted by Crippen LogP contribution is -2.35. The zero-order valence-corrected chi connectivity index (χ0v) is 12.0. The van der Waals surface area contributed by atoms with Crippen LogP contribution in [0.3, 0.4) is 0 Å². The van der Waals surface area contributed by atoms with Crippen molar-refractivity contribution in [1.29, 1.82) is 0 Å². The van der Waals surface area contributed by atoms with Gasteiger partial charge in [-0.2, -0.15) is 0 Å². The zero-order chi connectivity index (χ0) is 12.4. The van der Waals surface area contributed by atoms with Crippen molar-refractivity contribution in [2.45, 2.75) is 60.0 Å². The van der Waals surface area contributed by atoms with E-state index < -0.39 is 0 Å². The summed E-state index contributed by atoms with van der Waals surface area (Å²) in [7, 11) is 0. The summed E-state index contributed by atoms with van der Waals surface area (Å²) in [5.41, 5.74) is 0. The fourth-order valence-electron chi connectivity index (χ4n) is 2.02. The van der Waals surface area contributed by atoms with Gasteiger partial charge in [0.15, 0.2) is 0 Å². The maximum Gasteiger partial charge on any atom is 0.0519 e. The lowest BCUT2D eigenvalue weighted by atomic mass is 9.98. The molecule has 0 saturated carbocycles. The second-order valence-electron chi connectivity index (χ2n) is 4.67. The van der Waals surface area contributed by atoms with E-state index in [9.17, 15) is 0 Å². The lowest BCUT2D eigenvalue weighted by Gasteiger charge is -2.31. The predicted molar refractivity (Wildman–Crippen MR) is 71.9 cm³/mol. The van der Waals surface area contributed by atoms with Crippen LogP contribution in [0.15, 0.2) is 0 Å². The van der Waals surface area contributed by atoms with E-state index >= 15 is 0 Å². The van der Waals surface area contributed by atoms with Gasteiger partial charge in [-0.1, -0.05) is 20.8 Å². The molecule has 1 aliphatic heterocycles. The Hall–Kier alpha value is -0.0800. The highest BCUT2D eigenvalue weighted by Crippen LogP contribution is 2.17. The molecule has 0 radical (unpaired) electrons. The molecule has 1 aliphatic rings. The molecular weight excluding hydrogens is 198 g/mol. The molecule has 16 heavy (non-hydrogen) atoms. The van der Waals surface area contributed by atoms with E-state index in [1.165, 1.54) is 38.9 Å². The predicted octanol–water partition coefficient (Wildman–Crippen LogP) is 3.56. The topological polar surface area (TPSA) is 12.5 Å². The minimum atomic E-state index is 0.392. The summed E-state index contributed by atoms with van der Waals surface area (Å²) in [6, 6.07) is 0. The molecule has 2 heteroatoms. The van der Waals surface area contributed by atoms with E-state index in [-0.39, 0.29) is 0 Å². The average molecular weight is 229 g/mol. The third kappa shape index (κ3) is 7.24. The fourth-order valence-corrected chi connectivity index (χ4v) is 2.02. The van der Waals surface area contributed by atoms with Gasteiger partial charge in [0.1, 0.15) is 0 Å². The Kier molecular flexibility index (Phi) is 10.0. The summed E-state index contributed by atoms with van der Waals surface area (Å²) in [5, 5.41) is 0. The van der Waals surface area contributed by atoms with Crippen LogP contribution >= 0.6 is 0 Å². The van der Waals surface area contributed by atoms with E-state index in [4.69, 9.17) is 4.74 Å². The Morgan fingerprint density at radius 1 is 1.19 bits per heavy atom. The quantitative estimate of drug-likeness (QED) is 0.715. The Bertz CT molecular complexity index is 140. The molecule has 0 aromatic heterocycles. The molecule has 0 aromatic rings. The van der Waals surface area contributed by atoms with Crippen LogP contribution < -0.4 is 0 Å². The zero-order valence-electron chi connectivity index (χ0n) is 12.0. The smallest absolute Gasteiger partial charge is 0.0519 e. The highest BCUT2D eigenvalue weighted by Gasteiger charge is 2.18. The van der Waals surface area contributed by atoms with Crippen LogP contribution in [0.1, 0.15) is 53.9 Å². The standard InChI is InChI=1S/C12H25NO.C2H6/c1-4-7-13-8-5-12(6-9-13)10-14-11(2)3;1-2/h11-12H,4-10H2,1-3H3;1-2H3. The van der Waals surface area contributed by atoms with E-state index in [0.717, 1.165) is 12.5 Å². The summed E-state index contributed by atoms with van der Waals surface area (Å²) >= 11 is 0. The van der Waals surface area contributed by atoms with E-state index in [2.05, 4.69) is 25.7 Å². The molecule has 1 heterocycles. The molecule has 0 N–H and O–H groups in total. The highest BCUT2D eigenvalue weighted by atomic mass is 16.5. The van der Waals surface area contributed by atoms with Crippen LogP contribution in [0.25, 0.3) is 0 Å². The fraction of sp³-hybridized carbons (Fsp3) is 1.00. The largest absolute Gasteiger partial charge is 0.379 e. The van der Waals surface area contributed by atoms with Crippen LogP contribution in [0, 0.1) is 5.92 Å². The van der Waals surface area contributed by atoms with Gasteiger partial charge in [-0.3, -0.25) is 0 Å². The molecular formula is C14H31NO. The van der Waals surface area contributed by atoms with Gasteiger partial charge in [0, 0.05) is 6.61 Å². The molecule has 98 valence electrons. The summed E-state index contributed by atoms with van der Waals surface area (Å²) in [6.45, 7) is 15.3. The normalized spacial score (nSPS) is 18.4. The van der Waals surface area contributed by atoms with Gasteiger partial charge in [-0.05, 0) is 58.7 Å². The number of piperidine rings is 1. The Morgan fingerprint density at radius 2 is 1.75 bits per heavy atom. The van der Waals surface area contributed by atoms with Crippen molar-refractivity contribution in [2.75, 3.05) is 26.2 Å². The molecule has 2 nitrogen and oxygen atoms in total. The first-order valence-electron chi connectivity index (χ1n) is 7.06. The van der Waals surface area contributed by atoms with Gasteiger partial charge in [0.05, 0.1) is 6.10 Å². The van der Waals surface area contributed by atoms with Crippen molar-refractivity contribution in [3.05, 3.63) is 0 Å². The van der Waals surface area contributed by atoms with Gasteiger partial charge >= 0.3 is 0 Å². The van der Waals surface area contributed by atoms with Crippen molar-refractivity contribution >= 4 is 0 Å². The molecule has 0 spiro atoms. The number of ether oxygens (including phenoxy) is 1. The second kappa shape index (κ2) is 10.1. The molecule has 0 aromatic carbocycles. The first-order valence-corrected chi connectivity index (χ1v) is 7.06. The third-order valence-corrected chi connectivity index (χ3v) is 2.91. The summed E-state index contributed by atoms with van der Waals surface area (Å²) in [6.07, 6.45) is 4.33. The monoisotopic (exact) mass is 229 g/mol. The molecule has 0 amide bonds. The first kappa shape index (κ1) is 15.9. The molecule has 0 unspecified atom stereocenters. The lowest BCUT2D eigenvalue weighted by molar-refractivity contribution is 0.0306. The van der Waals surface area contributed by atoms with Crippen LogP contribution in [0.4, 0.5) is 0 Å². The molecule has 0 atom stereocenters. The van der Waals surface area contributed by atoms with Crippen molar-refractivity contribution in [2.24, 2.45) is 5.92 Å². The number of nitrogens with zero attached hydrogens (tertiary/aromatic N) is 1. The summed E-state index contributed by atoms with van der Waals surface area (Å²) in [4.78, 5) is 2.58. The summed E-state index contributed by atoms with van der Waals surface area (Å²) < 4.78 is 5.66. The molecule has 1 fully saturated rings. The maximum absolute atomic E-state index is 5.66. The van der Waals surface area contributed by atoms with Crippen LogP contribution in [0.5, 0.6) is 0 Å². The highest BCUT2D eigenvalue weighted by molar-refractivity contribution is 4.71. The Labute approximate surface area is 102 Å². The Balaban J connectivity index is 0.00000106. The minimum Gasteiger partial charge on any atom is -0.379 e. The van der Waals surface area contributed by atoms with Gasteiger partial charge in [-0.15, -0.1) is 0 Å². The average Bonchev–Trinajstić information content (AvgIpc) is 2.31. The van der Waals surface area contributed by atoms with Gasteiger partial charge in [-0.25, -0.2) is 0 Å². The third-order valence-electron chi connectivity index (χ3n) is 2.91. The van der Waals surface area contributed by atoms with Crippen molar-refractivity contribution in [3.63, 3.8) is 0 Å². The second-order valence-corrected chi connectivity index (χ2v) is 4.67. The van der Waals surface area contributed by atoms with E-state index in [0.29, 0.717) is 6.10 Å². The van der Waals surface area contributed by atoms with E-state index in [1.807, 2.05) is 13.8 Å². The number of hydrogen-bond donors (Lipinski definition) is 0. The molecule has 1 saturated heterocycles. The maximum atomic E-state index is 5.66. The van der Waals surface area contributed by atoms with Gasteiger partial charge in [0.2, 0.25) is 0 Å². The van der Waals surface area contributed by atoms with Crippen LogP contribution in [-0.2, 0) is 4.74 Å². The molecule has 1 rings (SSSR count). The van der Waals surface area contributed by atoms with Crippen molar-refractivity contribution in [3.8, 4) is 0 Å². The van der Waals surface area contributed by atoms with Crippen molar-refractivity contribution in [1.82, 2.24) is 4.90 Å². The first-order chi connectivity index (χ1) is 7.72. The molecule has 0 bridgehead atoms. The van der Waals surface area contributed by atoms with Crippen LogP contribution in [0.2, 0.25) is 0 Å². The SMILES string of the molecule is CC.CCCN1CCC(COC(C)C)CC1. The number of likely N-dealkylation sites (tertiary alicyclic amines) is 1. The number of hydrogen-bond acceptors (Lipinski definition) is 2. The van der Waals surface area contributed by atoms with Gasteiger partial charge < -0.3 is 9.64 Å². The van der Waals surface area contributed by atoms with E-state index in [1.54, 1.807) is 0 Å². The van der Waals surface area contributed by atoms with Crippen LogP contribution in [-0.4, -0.2) is 37.2 Å². The summed E-state index contributed by atoms with van der Waals surface area (Å²) in [5.74, 6) is 0.811. The van der Waals surface area contributed by atoms with Gasteiger partial charge in [0.25, 0.3) is 0 Å². The molecule has 0 aliphatic carbocycles. The minimum absolute atomic E-state index is 0.392. The number of rotatable bonds is 5. The van der Waals surface area contributed by atoms with Crippen molar-refractivity contribution < 1.29 is 4.74 Å². The Morgan fingerprint density at radius 3 is 2.19 bits per heavy atom.